The van der Waals surface area contributed by atoms with Crippen molar-refractivity contribution in [3.63, 3.8) is 0 Å². The zero-order valence-corrected chi connectivity index (χ0v) is 24.7. The molecule has 0 bridgehead atoms. The summed E-state index contributed by atoms with van der Waals surface area (Å²) in [7, 11) is -3.91. The first kappa shape index (κ1) is 31.4. The molecule has 0 radical (unpaired) electrons. The van der Waals surface area contributed by atoms with Crippen LogP contribution in [0.1, 0.15) is 31.8 Å². The lowest BCUT2D eigenvalue weighted by Gasteiger charge is -2.11. The second kappa shape index (κ2) is 14.1. The third-order valence-electron chi connectivity index (χ3n) is 5.70. The Bertz CT molecular complexity index is 1780. The summed E-state index contributed by atoms with van der Waals surface area (Å²) < 4.78 is 38.0. The molecule has 0 aromatic heterocycles. The van der Waals surface area contributed by atoms with Crippen LogP contribution in [-0.2, 0) is 14.8 Å². The van der Waals surface area contributed by atoms with Gasteiger partial charge in [-0.15, -0.1) is 0 Å². The average molecular weight is 641 g/mol. The van der Waals surface area contributed by atoms with Gasteiger partial charge in [-0.1, -0.05) is 40.9 Å². The van der Waals surface area contributed by atoms with Gasteiger partial charge in [0.05, 0.1) is 28.8 Å². The molecule has 2 N–H and O–H groups in total. The fraction of sp³-hybridized carbons (Fsp3) is 0.0667. The highest BCUT2D eigenvalue weighted by molar-refractivity contribution is 7.89. The molecule has 43 heavy (non-hydrogen) atoms. The third-order valence-corrected chi connectivity index (χ3v) is 7.63. The van der Waals surface area contributed by atoms with Gasteiger partial charge in [0.1, 0.15) is 11.5 Å². The Balaban J connectivity index is 1.47. The number of benzene rings is 4. The lowest BCUT2D eigenvalue weighted by atomic mass is 10.2. The number of hydrogen-bond donors (Lipinski definition) is 2. The Morgan fingerprint density at radius 2 is 1.35 bits per heavy atom. The molecule has 4 aromatic carbocycles. The number of ether oxygens (including phenoxy) is 2. The van der Waals surface area contributed by atoms with Gasteiger partial charge >= 0.3 is 11.9 Å². The molecule has 10 nitrogen and oxygen atoms in total. The summed E-state index contributed by atoms with van der Waals surface area (Å²) in [5.41, 5.74) is 3.77. The summed E-state index contributed by atoms with van der Waals surface area (Å²) in [6.45, 7) is 1.24. The molecule has 1 amide bonds. The van der Waals surface area contributed by atoms with Gasteiger partial charge in [0.25, 0.3) is 5.91 Å². The highest BCUT2D eigenvalue weighted by Crippen LogP contribution is 2.26. The molecular formula is C30H23Cl2N3O7S. The van der Waals surface area contributed by atoms with E-state index >= 15 is 0 Å². The van der Waals surface area contributed by atoms with Crippen molar-refractivity contribution in [1.82, 2.24) is 10.1 Å². The first-order chi connectivity index (χ1) is 20.5. The van der Waals surface area contributed by atoms with Gasteiger partial charge < -0.3 is 9.47 Å². The van der Waals surface area contributed by atoms with Gasteiger partial charge in [-0.25, -0.2) is 28.2 Å². The summed E-state index contributed by atoms with van der Waals surface area (Å²) in [5.74, 6) is -2.14. The molecule has 220 valence electrons. The van der Waals surface area contributed by atoms with Crippen molar-refractivity contribution < 1.29 is 32.3 Å². The van der Waals surface area contributed by atoms with E-state index in [0.29, 0.717) is 10.0 Å². The number of halogens is 2. The molecule has 0 saturated carbocycles. The first-order valence-electron chi connectivity index (χ1n) is 12.5. The number of carbonyl (C=O) groups excluding carboxylic acids is 3. The van der Waals surface area contributed by atoms with Crippen LogP contribution >= 0.6 is 23.2 Å². The van der Waals surface area contributed by atoms with Crippen molar-refractivity contribution in [3.05, 3.63) is 123 Å². The highest BCUT2D eigenvalue weighted by Gasteiger charge is 2.17. The second-order valence-electron chi connectivity index (χ2n) is 8.92. The van der Waals surface area contributed by atoms with Gasteiger partial charge in [0.2, 0.25) is 10.0 Å². The van der Waals surface area contributed by atoms with Crippen molar-refractivity contribution in [2.45, 2.75) is 11.8 Å². The number of rotatable bonds is 10. The van der Waals surface area contributed by atoms with E-state index in [4.69, 9.17) is 32.7 Å². The van der Waals surface area contributed by atoms with Gasteiger partial charge in [-0.05, 0) is 79.7 Å². The number of hydrogen-bond acceptors (Lipinski definition) is 8. The average Bonchev–Trinajstić information content (AvgIpc) is 2.98. The van der Waals surface area contributed by atoms with Crippen LogP contribution in [0.4, 0.5) is 0 Å². The van der Waals surface area contributed by atoms with E-state index in [9.17, 15) is 22.8 Å². The minimum absolute atomic E-state index is 0.0124. The van der Waals surface area contributed by atoms with Crippen LogP contribution in [0.5, 0.6) is 11.5 Å². The van der Waals surface area contributed by atoms with Gasteiger partial charge in [-0.3, -0.25) is 4.79 Å². The monoisotopic (exact) mass is 639 g/mol. The molecule has 0 heterocycles. The summed E-state index contributed by atoms with van der Waals surface area (Å²) in [4.78, 5) is 37.6. The number of nitrogens with one attached hydrogen (secondary N) is 2. The van der Waals surface area contributed by atoms with Crippen molar-refractivity contribution in [2.24, 2.45) is 5.10 Å². The van der Waals surface area contributed by atoms with E-state index in [0.717, 1.165) is 5.56 Å². The molecule has 4 aromatic rings. The molecule has 4 rings (SSSR count). The van der Waals surface area contributed by atoms with Crippen molar-refractivity contribution in [2.75, 3.05) is 6.54 Å². The Hall–Kier alpha value is -4.55. The number of sulfonamides is 1. The molecule has 0 spiro atoms. The standard InChI is InChI=1S/C30H23Cl2N3O7S/c1-19-2-14-26(15-3-19)43(39,40)34-18-28(36)35-33-17-22-8-13-25(41-29(37)20-4-9-23(31)10-5-20)16-27(22)42-30(38)21-6-11-24(32)12-7-21/h2-17,34H,18H2,1H3,(H,35,36)/b33-17-. The van der Waals surface area contributed by atoms with Crippen LogP contribution in [0.2, 0.25) is 10.0 Å². The number of carbonyl (C=O) groups is 3. The quantitative estimate of drug-likeness (QED) is 0.106. The van der Waals surface area contributed by atoms with E-state index in [1.807, 2.05) is 6.92 Å². The fourth-order valence-corrected chi connectivity index (χ4v) is 4.68. The van der Waals surface area contributed by atoms with Gasteiger partial charge in [-0.2, -0.15) is 5.10 Å². The zero-order valence-electron chi connectivity index (χ0n) is 22.4. The Morgan fingerprint density at radius 3 is 1.93 bits per heavy atom. The van der Waals surface area contributed by atoms with Crippen LogP contribution < -0.4 is 19.6 Å². The molecule has 0 aliphatic heterocycles. The van der Waals surface area contributed by atoms with Gasteiger partial charge in [0.15, 0.2) is 0 Å². The lowest BCUT2D eigenvalue weighted by molar-refractivity contribution is -0.119. The molecule has 13 heteroatoms. The summed E-state index contributed by atoms with van der Waals surface area (Å²) in [5, 5.41) is 4.72. The molecule has 0 aliphatic rings. The highest BCUT2D eigenvalue weighted by atomic mass is 35.5. The Kier molecular flexibility index (Phi) is 10.3. The summed E-state index contributed by atoms with van der Waals surface area (Å²) in [6, 6.07) is 22.4. The lowest BCUT2D eigenvalue weighted by Crippen LogP contribution is -2.34. The molecule has 0 saturated heterocycles. The fourth-order valence-electron chi connectivity index (χ4n) is 3.44. The topological polar surface area (TPSA) is 140 Å². The molecule has 0 fully saturated rings. The molecule has 0 aliphatic carbocycles. The minimum atomic E-state index is -3.91. The normalized spacial score (nSPS) is 11.2. The van der Waals surface area contributed by atoms with Crippen molar-refractivity contribution >= 4 is 57.3 Å². The molecular weight excluding hydrogens is 617 g/mol. The predicted octanol–water partition coefficient (Wildman–Crippen LogP) is 5.17. The molecule has 0 unspecified atom stereocenters. The van der Waals surface area contributed by atoms with Crippen LogP contribution in [0, 0.1) is 6.92 Å². The minimum Gasteiger partial charge on any atom is -0.423 e. The number of hydrazone groups is 1. The summed E-state index contributed by atoms with van der Waals surface area (Å²) in [6.07, 6.45) is 1.18. The number of amides is 1. The number of esters is 2. The maximum Gasteiger partial charge on any atom is 0.343 e. The smallest absolute Gasteiger partial charge is 0.343 e. The Morgan fingerprint density at radius 1 is 0.791 bits per heavy atom. The third kappa shape index (κ3) is 8.97. The number of nitrogens with zero attached hydrogens (tertiary/aromatic N) is 1. The van der Waals surface area contributed by atoms with Crippen LogP contribution in [0.3, 0.4) is 0 Å². The second-order valence-corrected chi connectivity index (χ2v) is 11.6. The zero-order chi connectivity index (χ0) is 31.0. The van der Waals surface area contributed by atoms with E-state index in [1.54, 1.807) is 24.3 Å². The van der Waals surface area contributed by atoms with Crippen molar-refractivity contribution in [1.29, 1.82) is 0 Å². The summed E-state index contributed by atoms with van der Waals surface area (Å²) >= 11 is 11.8. The maximum absolute atomic E-state index is 12.8. The predicted molar refractivity (Wildman–Crippen MR) is 161 cm³/mol. The first-order valence-corrected chi connectivity index (χ1v) is 14.7. The van der Waals surface area contributed by atoms with E-state index in [1.165, 1.54) is 72.9 Å². The van der Waals surface area contributed by atoms with Crippen LogP contribution in [0.15, 0.2) is 101 Å². The SMILES string of the molecule is Cc1ccc(S(=O)(=O)NCC(=O)N/N=C\c2ccc(OC(=O)c3ccc(Cl)cc3)cc2OC(=O)c2ccc(Cl)cc2)cc1. The van der Waals surface area contributed by atoms with E-state index in [2.05, 4.69) is 15.2 Å². The van der Waals surface area contributed by atoms with Crippen molar-refractivity contribution in [3.8, 4) is 11.5 Å². The van der Waals surface area contributed by atoms with Crippen LogP contribution in [0.25, 0.3) is 0 Å². The molecule has 0 atom stereocenters. The van der Waals surface area contributed by atoms with E-state index < -0.39 is 34.4 Å². The van der Waals surface area contributed by atoms with Gasteiger partial charge in [0, 0.05) is 21.7 Å². The van der Waals surface area contributed by atoms with Crippen LogP contribution in [-0.4, -0.2) is 39.0 Å². The largest absolute Gasteiger partial charge is 0.423 e. The number of aryl methyl sites for hydroxylation is 1. The maximum atomic E-state index is 12.8. The van der Waals surface area contributed by atoms with E-state index in [-0.39, 0.29) is 33.1 Å². The Labute approximate surface area is 257 Å².